The third kappa shape index (κ3) is 3.52. The second-order valence-corrected chi connectivity index (χ2v) is 7.79. The third-order valence-electron chi connectivity index (χ3n) is 5.82. The van der Waals surface area contributed by atoms with Gasteiger partial charge in [-0.25, -0.2) is 0 Å². The predicted molar refractivity (Wildman–Crippen MR) is 95.4 cm³/mol. The van der Waals surface area contributed by atoms with Gasteiger partial charge in [0, 0.05) is 26.6 Å². The fourth-order valence-corrected chi connectivity index (χ4v) is 4.43. The van der Waals surface area contributed by atoms with Crippen LogP contribution in [0.3, 0.4) is 0 Å². The summed E-state index contributed by atoms with van der Waals surface area (Å²) < 4.78 is 0. The molecule has 3 fully saturated rings. The molecule has 0 aromatic carbocycles. The van der Waals surface area contributed by atoms with Crippen LogP contribution in [0.1, 0.15) is 39.5 Å². The van der Waals surface area contributed by atoms with E-state index in [9.17, 15) is 24.3 Å². The molecule has 4 amide bonds. The molecular formula is C18H28N4O5. The average Bonchev–Trinajstić information content (AvgIpc) is 3.29. The lowest BCUT2D eigenvalue weighted by molar-refractivity contribution is -0.168. The minimum Gasteiger partial charge on any atom is -0.391 e. The molecule has 1 spiro atoms. The lowest BCUT2D eigenvalue weighted by Crippen LogP contribution is -2.73. The molecule has 0 saturated carbocycles. The quantitative estimate of drug-likeness (QED) is 0.576. The number of rotatable bonds is 5. The summed E-state index contributed by atoms with van der Waals surface area (Å²) in [4.78, 5) is 53.9. The molecule has 0 aliphatic carbocycles. The monoisotopic (exact) mass is 380 g/mol. The first-order valence-electron chi connectivity index (χ1n) is 9.60. The van der Waals surface area contributed by atoms with Gasteiger partial charge >= 0.3 is 0 Å². The Morgan fingerprint density at radius 3 is 2.41 bits per heavy atom. The van der Waals surface area contributed by atoms with Crippen molar-refractivity contribution in [1.29, 1.82) is 0 Å². The lowest BCUT2D eigenvalue weighted by Gasteiger charge is -2.50. The lowest BCUT2D eigenvalue weighted by atomic mass is 9.85. The van der Waals surface area contributed by atoms with E-state index in [0.717, 1.165) is 19.3 Å². The second kappa shape index (κ2) is 7.46. The van der Waals surface area contributed by atoms with Crippen LogP contribution < -0.4 is 5.32 Å². The summed E-state index contributed by atoms with van der Waals surface area (Å²) in [6.45, 7) is 4.90. The maximum absolute atomic E-state index is 12.6. The second-order valence-electron chi connectivity index (χ2n) is 7.79. The largest absolute Gasteiger partial charge is 0.391 e. The van der Waals surface area contributed by atoms with Gasteiger partial charge in [0.05, 0.1) is 19.2 Å². The number of hydrogen-bond acceptors (Lipinski definition) is 5. The maximum Gasteiger partial charge on any atom is 0.250 e. The van der Waals surface area contributed by atoms with Crippen LogP contribution in [0.5, 0.6) is 0 Å². The number of β-lactam (4-membered cyclic amide) rings is 1. The molecule has 3 atom stereocenters. The Kier molecular flexibility index (Phi) is 5.41. The zero-order chi connectivity index (χ0) is 19.8. The number of amides is 4. The van der Waals surface area contributed by atoms with E-state index in [4.69, 9.17) is 0 Å². The van der Waals surface area contributed by atoms with Gasteiger partial charge in [-0.05, 0) is 32.6 Å². The van der Waals surface area contributed by atoms with Gasteiger partial charge in [0.15, 0.2) is 0 Å². The van der Waals surface area contributed by atoms with E-state index in [2.05, 4.69) is 5.32 Å². The first-order chi connectivity index (χ1) is 12.8. The molecule has 27 heavy (non-hydrogen) atoms. The van der Waals surface area contributed by atoms with Crippen molar-refractivity contribution in [2.45, 2.75) is 57.2 Å². The molecule has 3 rings (SSSR count). The van der Waals surface area contributed by atoms with Crippen LogP contribution in [-0.4, -0.2) is 93.8 Å². The van der Waals surface area contributed by atoms with Crippen LogP contribution >= 0.6 is 0 Å². The Bertz CT molecular complexity index is 646. The first kappa shape index (κ1) is 19.6. The fourth-order valence-electron chi connectivity index (χ4n) is 4.43. The van der Waals surface area contributed by atoms with Crippen molar-refractivity contribution in [3.63, 3.8) is 0 Å². The van der Waals surface area contributed by atoms with Crippen LogP contribution in [0.15, 0.2) is 0 Å². The Morgan fingerprint density at radius 2 is 1.85 bits per heavy atom. The molecule has 9 nitrogen and oxygen atoms in total. The highest BCUT2D eigenvalue weighted by atomic mass is 16.3. The minimum absolute atomic E-state index is 0.129. The number of hydrogen-bond donors (Lipinski definition) is 2. The normalized spacial score (nSPS) is 26.9. The molecule has 9 heteroatoms. The van der Waals surface area contributed by atoms with E-state index in [0.29, 0.717) is 32.6 Å². The number of carbonyl (C=O) groups is 4. The Hall–Kier alpha value is -2.16. The molecule has 0 bridgehead atoms. The van der Waals surface area contributed by atoms with Crippen molar-refractivity contribution in [3.8, 4) is 0 Å². The van der Waals surface area contributed by atoms with Crippen LogP contribution in [0.4, 0.5) is 0 Å². The fraction of sp³-hybridized carbons (Fsp3) is 0.778. The molecular weight excluding hydrogens is 352 g/mol. The van der Waals surface area contributed by atoms with Gasteiger partial charge in [0.25, 0.3) is 5.91 Å². The molecule has 0 aromatic rings. The van der Waals surface area contributed by atoms with E-state index in [1.54, 1.807) is 9.80 Å². The number of nitrogens with one attached hydrogen (secondary N) is 1. The van der Waals surface area contributed by atoms with Crippen LogP contribution in [0, 0.1) is 0 Å². The summed E-state index contributed by atoms with van der Waals surface area (Å²) in [7, 11) is 0. The standard InChI is InChI=1S/C18H28N4O5/c1-12(23)15(16(26)20-7-3-4-8-20)19-14(25)10-21-11-18(17(21)27)6-5-9-22(18)13(2)24/h12,15,23H,3-11H2,1-2H3,(H,19,25). The Labute approximate surface area is 158 Å². The molecule has 3 heterocycles. The summed E-state index contributed by atoms with van der Waals surface area (Å²) in [6, 6.07) is -1.01. The highest BCUT2D eigenvalue weighted by molar-refractivity contribution is 5.99. The van der Waals surface area contributed by atoms with E-state index in [-0.39, 0.29) is 24.3 Å². The van der Waals surface area contributed by atoms with Crippen molar-refractivity contribution < 1.29 is 24.3 Å². The molecule has 0 aromatic heterocycles. The molecule has 150 valence electrons. The maximum atomic E-state index is 12.6. The van der Waals surface area contributed by atoms with Crippen LogP contribution in [-0.2, 0) is 19.2 Å². The van der Waals surface area contributed by atoms with Gasteiger partial charge in [0.1, 0.15) is 11.6 Å². The molecule has 3 aliphatic heterocycles. The zero-order valence-corrected chi connectivity index (χ0v) is 15.9. The molecule has 3 saturated heterocycles. The van der Waals surface area contributed by atoms with Crippen molar-refractivity contribution in [2.75, 3.05) is 32.7 Å². The van der Waals surface area contributed by atoms with E-state index in [1.807, 2.05) is 0 Å². The predicted octanol–water partition coefficient (Wildman–Crippen LogP) is -1.30. The summed E-state index contributed by atoms with van der Waals surface area (Å²) >= 11 is 0. The van der Waals surface area contributed by atoms with Crippen LogP contribution in [0.25, 0.3) is 0 Å². The highest BCUT2D eigenvalue weighted by Crippen LogP contribution is 2.38. The summed E-state index contributed by atoms with van der Waals surface area (Å²) in [6.07, 6.45) is 2.21. The van der Waals surface area contributed by atoms with E-state index >= 15 is 0 Å². The third-order valence-corrected chi connectivity index (χ3v) is 5.82. The van der Waals surface area contributed by atoms with E-state index in [1.165, 1.54) is 18.7 Å². The summed E-state index contributed by atoms with van der Waals surface area (Å²) in [5, 5.41) is 12.5. The van der Waals surface area contributed by atoms with Crippen molar-refractivity contribution in [1.82, 2.24) is 20.0 Å². The van der Waals surface area contributed by atoms with Crippen molar-refractivity contribution >= 4 is 23.6 Å². The van der Waals surface area contributed by atoms with Crippen molar-refractivity contribution in [3.05, 3.63) is 0 Å². The van der Waals surface area contributed by atoms with Gasteiger partial charge in [-0.1, -0.05) is 0 Å². The smallest absolute Gasteiger partial charge is 0.250 e. The number of likely N-dealkylation sites (tertiary alicyclic amines) is 3. The van der Waals surface area contributed by atoms with Gasteiger partial charge in [-0.2, -0.15) is 0 Å². The van der Waals surface area contributed by atoms with Gasteiger partial charge in [-0.15, -0.1) is 0 Å². The molecule has 3 aliphatic rings. The van der Waals surface area contributed by atoms with E-state index < -0.39 is 23.6 Å². The Morgan fingerprint density at radius 1 is 1.19 bits per heavy atom. The Balaban J connectivity index is 1.57. The molecule has 2 N–H and O–H groups in total. The average molecular weight is 380 g/mol. The highest BCUT2D eigenvalue weighted by Gasteiger charge is 2.59. The summed E-state index contributed by atoms with van der Waals surface area (Å²) in [5.74, 6) is -1.12. The topological polar surface area (TPSA) is 110 Å². The minimum atomic E-state index is -1.02. The first-order valence-corrected chi connectivity index (χ1v) is 9.60. The van der Waals surface area contributed by atoms with Gasteiger partial charge in [-0.3, -0.25) is 19.2 Å². The van der Waals surface area contributed by atoms with Crippen molar-refractivity contribution in [2.24, 2.45) is 0 Å². The zero-order valence-electron chi connectivity index (χ0n) is 15.9. The number of nitrogens with zero attached hydrogens (tertiary/aromatic N) is 3. The number of aliphatic hydroxyl groups excluding tert-OH is 1. The molecule has 0 radical (unpaired) electrons. The SMILES string of the molecule is CC(=O)N1CCCC12CN(CC(=O)NC(C(=O)N1CCCC1)C(C)O)C2=O. The van der Waals surface area contributed by atoms with Gasteiger partial charge in [0.2, 0.25) is 17.7 Å². The number of aliphatic hydroxyl groups is 1. The van der Waals surface area contributed by atoms with Crippen LogP contribution in [0.2, 0.25) is 0 Å². The number of carbonyl (C=O) groups excluding carboxylic acids is 4. The summed E-state index contributed by atoms with van der Waals surface area (Å²) in [5.41, 5.74) is -0.791. The van der Waals surface area contributed by atoms with Gasteiger partial charge < -0.3 is 25.1 Å². The molecule has 3 unspecified atom stereocenters.